The molecule has 1 fully saturated rings. The fourth-order valence-electron chi connectivity index (χ4n) is 4.48. The van der Waals surface area contributed by atoms with Gasteiger partial charge in [0.25, 0.3) is 0 Å². The lowest BCUT2D eigenvalue weighted by molar-refractivity contribution is 0.400. The highest BCUT2D eigenvalue weighted by molar-refractivity contribution is 8.00. The molecular formula is C29H36ClN7OS. The van der Waals surface area contributed by atoms with Gasteiger partial charge in [-0.3, -0.25) is 0 Å². The average molecular weight is 566 g/mol. The van der Waals surface area contributed by atoms with Crippen LogP contribution < -0.4 is 20.1 Å². The molecule has 0 bridgehead atoms. The molecule has 3 heterocycles. The van der Waals surface area contributed by atoms with Gasteiger partial charge in [0.05, 0.1) is 35.1 Å². The summed E-state index contributed by atoms with van der Waals surface area (Å²) in [5.41, 5.74) is 4.35. The standard InChI is InChI=1S/C27H29ClN6OS.C2H7N/c1-3-17-15-21(31-22-16-29-27(33-25(17)22)30-18-9-5-4-6-10-18)19-13-14-24(32-26(19)35-2)34-36-23-12-8-7-11-20(23)28;1-3-2/h7-8,11-16,18H,3-6,9-10H2,1-2H3,(H,32,34)(H,29,30,33);3H,1-2H3. The molecule has 4 aromatic rings. The summed E-state index contributed by atoms with van der Waals surface area (Å²) in [5.74, 6) is 1.84. The van der Waals surface area contributed by atoms with Crippen molar-refractivity contribution in [1.29, 1.82) is 0 Å². The Morgan fingerprint density at radius 1 is 1.03 bits per heavy atom. The van der Waals surface area contributed by atoms with Crippen LogP contribution in [0.3, 0.4) is 0 Å². The largest absolute Gasteiger partial charge is 0.480 e. The van der Waals surface area contributed by atoms with Gasteiger partial charge in [-0.15, -0.1) is 0 Å². The van der Waals surface area contributed by atoms with Gasteiger partial charge in [-0.25, -0.2) is 15.0 Å². The molecule has 3 aromatic heterocycles. The van der Waals surface area contributed by atoms with Gasteiger partial charge < -0.3 is 20.1 Å². The predicted molar refractivity (Wildman–Crippen MR) is 163 cm³/mol. The van der Waals surface area contributed by atoms with Crippen LogP contribution in [-0.4, -0.2) is 47.2 Å². The van der Waals surface area contributed by atoms with E-state index in [4.69, 9.17) is 26.3 Å². The van der Waals surface area contributed by atoms with Gasteiger partial charge in [-0.2, -0.15) is 4.98 Å². The Morgan fingerprint density at radius 2 is 1.79 bits per heavy atom. The van der Waals surface area contributed by atoms with E-state index in [1.54, 1.807) is 7.11 Å². The van der Waals surface area contributed by atoms with E-state index in [2.05, 4.69) is 38.3 Å². The average Bonchev–Trinajstić information content (AvgIpc) is 2.97. The topological polar surface area (TPSA) is 96.9 Å². The van der Waals surface area contributed by atoms with Crippen molar-refractivity contribution in [3.8, 4) is 17.1 Å². The third kappa shape index (κ3) is 7.50. The molecule has 0 aliphatic heterocycles. The van der Waals surface area contributed by atoms with Gasteiger partial charge in [-0.1, -0.05) is 49.9 Å². The second kappa shape index (κ2) is 14.3. The molecule has 5 rings (SSSR count). The number of nitrogens with one attached hydrogen (secondary N) is 3. The van der Waals surface area contributed by atoms with Gasteiger partial charge in [0, 0.05) is 10.9 Å². The van der Waals surface area contributed by atoms with Crippen LogP contribution in [0.5, 0.6) is 5.88 Å². The maximum absolute atomic E-state index is 6.26. The number of rotatable bonds is 8. The number of nitrogens with zero attached hydrogens (tertiary/aromatic N) is 4. The number of hydrogen-bond acceptors (Lipinski definition) is 9. The minimum Gasteiger partial charge on any atom is -0.480 e. The monoisotopic (exact) mass is 565 g/mol. The van der Waals surface area contributed by atoms with Crippen LogP contribution in [0.1, 0.15) is 44.6 Å². The SMILES string of the molecule is CCc1cc(-c2ccc(NSc3ccccc3Cl)nc2OC)nc2cnc(NC3CCCCC3)nc12.CNC. The maximum Gasteiger partial charge on any atom is 0.224 e. The normalized spacial score (nSPS) is 13.5. The van der Waals surface area contributed by atoms with Crippen molar-refractivity contribution in [1.82, 2.24) is 25.3 Å². The molecule has 1 saturated carbocycles. The maximum atomic E-state index is 6.26. The van der Waals surface area contributed by atoms with Crippen LogP contribution in [0.4, 0.5) is 11.8 Å². The quantitative estimate of drug-likeness (QED) is 0.195. The Labute approximate surface area is 239 Å². The minimum absolute atomic E-state index is 0.451. The zero-order valence-corrected chi connectivity index (χ0v) is 24.5. The Bertz CT molecular complexity index is 1380. The van der Waals surface area contributed by atoms with Crippen LogP contribution in [0.2, 0.25) is 5.02 Å². The smallest absolute Gasteiger partial charge is 0.224 e. The van der Waals surface area contributed by atoms with Gasteiger partial charge in [0.15, 0.2) is 0 Å². The van der Waals surface area contributed by atoms with Crippen molar-refractivity contribution >= 4 is 46.3 Å². The van der Waals surface area contributed by atoms with E-state index in [0.29, 0.717) is 28.7 Å². The third-order valence-electron chi connectivity index (χ3n) is 6.38. The first-order valence-corrected chi connectivity index (χ1v) is 14.5. The van der Waals surface area contributed by atoms with E-state index in [1.807, 2.05) is 56.7 Å². The summed E-state index contributed by atoms with van der Waals surface area (Å²) in [5, 5.41) is 6.96. The molecule has 0 saturated heterocycles. The van der Waals surface area contributed by atoms with Crippen molar-refractivity contribution in [2.75, 3.05) is 31.2 Å². The van der Waals surface area contributed by atoms with Crippen LogP contribution >= 0.6 is 23.5 Å². The zero-order chi connectivity index (χ0) is 27.6. The molecule has 3 N–H and O–H groups in total. The summed E-state index contributed by atoms with van der Waals surface area (Å²) in [6.45, 7) is 2.13. The second-order valence-electron chi connectivity index (χ2n) is 9.31. The lowest BCUT2D eigenvalue weighted by atomic mass is 9.96. The lowest BCUT2D eigenvalue weighted by Crippen LogP contribution is -2.23. The van der Waals surface area contributed by atoms with E-state index in [9.17, 15) is 0 Å². The van der Waals surface area contributed by atoms with E-state index in [1.165, 1.54) is 44.1 Å². The van der Waals surface area contributed by atoms with Crippen LogP contribution in [0, 0.1) is 0 Å². The number of halogens is 1. The van der Waals surface area contributed by atoms with E-state index in [0.717, 1.165) is 39.2 Å². The molecule has 0 atom stereocenters. The first kappa shape index (κ1) is 28.9. The number of benzene rings is 1. The molecule has 10 heteroatoms. The minimum atomic E-state index is 0.451. The summed E-state index contributed by atoms with van der Waals surface area (Å²) < 4.78 is 8.88. The van der Waals surface area contributed by atoms with E-state index in [-0.39, 0.29) is 0 Å². The van der Waals surface area contributed by atoms with E-state index >= 15 is 0 Å². The molecule has 0 unspecified atom stereocenters. The molecule has 1 aromatic carbocycles. The number of hydrogen-bond donors (Lipinski definition) is 3. The second-order valence-corrected chi connectivity index (χ2v) is 10.6. The van der Waals surface area contributed by atoms with Crippen molar-refractivity contribution in [3.63, 3.8) is 0 Å². The lowest BCUT2D eigenvalue weighted by Gasteiger charge is -2.22. The predicted octanol–water partition coefficient (Wildman–Crippen LogP) is 7.01. The summed E-state index contributed by atoms with van der Waals surface area (Å²) in [7, 11) is 5.37. The zero-order valence-electron chi connectivity index (χ0n) is 22.9. The number of methoxy groups -OCH3 is 1. The van der Waals surface area contributed by atoms with Gasteiger partial charge in [0.2, 0.25) is 11.8 Å². The van der Waals surface area contributed by atoms with Crippen molar-refractivity contribution in [2.24, 2.45) is 0 Å². The molecule has 0 radical (unpaired) electrons. The highest BCUT2D eigenvalue weighted by Gasteiger charge is 2.17. The highest BCUT2D eigenvalue weighted by atomic mass is 35.5. The summed E-state index contributed by atoms with van der Waals surface area (Å²) in [6, 6.07) is 14.1. The molecule has 1 aliphatic rings. The summed E-state index contributed by atoms with van der Waals surface area (Å²) in [4.78, 5) is 19.8. The fourth-order valence-corrected chi connectivity index (χ4v) is 5.37. The molecule has 8 nitrogen and oxygen atoms in total. The summed E-state index contributed by atoms with van der Waals surface area (Å²) >= 11 is 7.67. The Morgan fingerprint density at radius 3 is 2.51 bits per heavy atom. The van der Waals surface area contributed by atoms with Crippen molar-refractivity contribution in [2.45, 2.75) is 56.4 Å². The number of aromatic nitrogens is 4. The number of ether oxygens (including phenoxy) is 1. The third-order valence-corrected chi connectivity index (χ3v) is 7.71. The fraction of sp³-hybridized carbons (Fsp3) is 0.379. The molecule has 0 amide bonds. The number of anilines is 2. The van der Waals surface area contributed by atoms with Crippen LogP contribution in [0.15, 0.2) is 53.6 Å². The summed E-state index contributed by atoms with van der Waals surface area (Å²) in [6.07, 6.45) is 8.83. The van der Waals surface area contributed by atoms with Gasteiger partial charge in [-0.05, 0) is 81.2 Å². The van der Waals surface area contributed by atoms with E-state index < -0.39 is 0 Å². The van der Waals surface area contributed by atoms with Gasteiger partial charge in [0.1, 0.15) is 11.3 Å². The Balaban J connectivity index is 0.00000112. The number of fused-ring (bicyclic) bond motifs is 1. The molecule has 39 heavy (non-hydrogen) atoms. The van der Waals surface area contributed by atoms with Crippen LogP contribution in [-0.2, 0) is 6.42 Å². The highest BCUT2D eigenvalue weighted by Crippen LogP contribution is 2.33. The molecule has 1 aliphatic carbocycles. The molecular weight excluding hydrogens is 530 g/mol. The number of aryl methyl sites for hydroxylation is 1. The Kier molecular flexibility index (Phi) is 10.6. The Hall–Kier alpha value is -3.14. The molecule has 0 spiro atoms. The van der Waals surface area contributed by atoms with Crippen molar-refractivity contribution in [3.05, 3.63) is 59.2 Å². The van der Waals surface area contributed by atoms with Gasteiger partial charge >= 0.3 is 0 Å². The first-order chi connectivity index (χ1) is 19.1. The van der Waals surface area contributed by atoms with Crippen LogP contribution in [0.25, 0.3) is 22.3 Å². The van der Waals surface area contributed by atoms with Crippen molar-refractivity contribution < 1.29 is 4.74 Å². The molecule has 206 valence electrons. The number of pyridine rings is 2. The first-order valence-electron chi connectivity index (χ1n) is 13.3.